The van der Waals surface area contributed by atoms with Crippen LogP contribution in [-0.4, -0.2) is 41.9 Å². The maximum Gasteiger partial charge on any atom is 0.408 e. The van der Waals surface area contributed by atoms with Gasteiger partial charge in [-0.25, -0.2) is 4.79 Å². The molecular weight excluding hydrogens is 320 g/mol. The normalized spacial score (nSPS) is 13.0. The number of hydrogen-bond donors (Lipinski definition) is 3. The number of aliphatic hydroxyl groups excluding tert-OH is 1. The van der Waals surface area contributed by atoms with Crippen molar-refractivity contribution in [3.05, 3.63) is 35.9 Å². The third-order valence-electron chi connectivity index (χ3n) is 3.46. The summed E-state index contributed by atoms with van der Waals surface area (Å²) >= 11 is 0. The minimum absolute atomic E-state index is 0.0455. The lowest BCUT2D eigenvalue weighted by Gasteiger charge is -2.26. The Kier molecular flexibility index (Phi) is 7.42. The molecule has 25 heavy (non-hydrogen) atoms. The Morgan fingerprint density at radius 3 is 2.24 bits per heavy atom. The van der Waals surface area contributed by atoms with Gasteiger partial charge >= 0.3 is 6.09 Å². The summed E-state index contributed by atoms with van der Waals surface area (Å²) in [7, 11) is 0. The fourth-order valence-electron chi connectivity index (χ4n) is 2.01. The molecule has 0 bridgehead atoms. The third-order valence-corrected chi connectivity index (χ3v) is 3.46. The molecule has 0 aromatic heterocycles. The average molecular weight is 350 g/mol. The molecule has 0 saturated carbocycles. The molecule has 140 valence electrons. The number of carbonyl (C=O) groups is 2. The second-order valence-electron chi connectivity index (χ2n) is 7.93. The van der Waals surface area contributed by atoms with Gasteiger partial charge in [-0.05, 0) is 26.3 Å². The Morgan fingerprint density at radius 2 is 1.72 bits per heavy atom. The van der Waals surface area contributed by atoms with Crippen molar-refractivity contribution in [1.82, 2.24) is 10.6 Å². The lowest BCUT2D eigenvalue weighted by atomic mass is 9.94. The van der Waals surface area contributed by atoms with Crippen molar-refractivity contribution in [3.8, 4) is 0 Å². The van der Waals surface area contributed by atoms with Gasteiger partial charge in [-0.3, -0.25) is 4.79 Å². The zero-order chi connectivity index (χ0) is 19.1. The van der Waals surface area contributed by atoms with Crippen LogP contribution in [0.3, 0.4) is 0 Å². The molecule has 1 atom stereocenters. The van der Waals surface area contributed by atoms with Crippen LogP contribution in [0.15, 0.2) is 30.3 Å². The lowest BCUT2D eigenvalue weighted by molar-refractivity contribution is -0.123. The smallest absolute Gasteiger partial charge is 0.408 e. The predicted molar refractivity (Wildman–Crippen MR) is 97.2 cm³/mol. The number of alkyl carbamates (subject to hydrolysis) is 1. The first kappa shape index (κ1) is 21.0. The van der Waals surface area contributed by atoms with E-state index in [1.807, 2.05) is 44.2 Å². The van der Waals surface area contributed by atoms with E-state index in [4.69, 9.17) is 4.74 Å². The SMILES string of the molecule is CC(C)(CO)CNC(=O)[C@H](Cc1ccccc1)NC(=O)OC(C)(C)C. The van der Waals surface area contributed by atoms with Crippen molar-refractivity contribution < 1.29 is 19.4 Å². The highest BCUT2D eigenvalue weighted by molar-refractivity contribution is 5.86. The summed E-state index contributed by atoms with van der Waals surface area (Å²) in [5.41, 5.74) is -0.143. The minimum Gasteiger partial charge on any atom is -0.444 e. The molecule has 1 rings (SSSR count). The van der Waals surface area contributed by atoms with Crippen LogP contribution in [0, 0.1) is 5.41 Å². The summed E-state index contributed by atoms with van der Waals surface area (Å²) in [6.45, 7) is 9.26. The number of ether oxygens (including phenoxy) is 1. The van der Waals surface area contributed by atoms with Crippen molar-refractivity contribution in [2.45, 2.75) is 52.7 Å². The second kappa shape index (κ2) is 8.85. The molecule has 3 N–H and O–H groups in total. The molecule has 0 heterocycles. The van der Waals surface area contributed by atoms with Gasteiger partial charge in [0, 0.05) is 25.0 Å². The van der Waals surface area contributed by atoms with E-state index in [9.17, 15) is 14.7 Å². The number of nitrogens with one attached hydrogen (secondary N) is 2. The zero-order valence-corrected chi connectivity index (χ0v) is 15.8. The number of carbonyl (C=O) groups excluding carboxylic acids is 2. The molecule has 0 spiro atoms. The van der Waals surface area contributed by atoms with Crippen molar-refractivity contribution in [1.29, 1.82) is 0 Å². The molecule has 0 aliphatic heterocycles. The lowest BCUT2D eigenvalue weighted by Crippen LogP contribution is -2.51. The zero-order valence-electron chi connectivity index (χ0n) is 15.8. The number of rotatable bonds is 7. The molecule has 1 aromatic carbocycles. The van der Waals surface area contributed by atoms with Gasteiger partial charge in [0.15, 0.2) is 0 Å². The van der Waals surface area contributed by atoms with Gasteiger partial charge < -0.3 is 20.5 Å². The van der Waals surface area contributed by atoms with Crippen molar-refractivity contribution in [3.63, 3.8) is 0 Å². The predicted octanol–water partition coefficient (Wildman–Crippen LogP) is 2.26. The van der Waals surface area contributed by atoms with Gasteiger partial charge in [-0.15, -0.1) is 0 Å². The monoisotopic (exact) mass is 350 g/mol. The van der Waals surface area contributed by atoms with E-state index in [2.05, 4.69) is 10.6 Å². The maximum atomic E-state index is 12.5. The van der Waals surface area contributed by atoms with E-state index in [0.717, 1.165) is 5.56 Å². The Bertz CT molecular complexity index is 565. The summed E-state index contributed by atoms with van der Waals surface area (Å²) in [5.74, 6) is -0.309. The first-order valence-electron chi connectivity index (χ1n) is 8.44. The van der Waals surface area contributed by atoms with Crippen molar-refractivity contribution in [2.75, 3.05) is 13.2 Å². The quantitative estimate of drug-likeness (QED) is 0.704. The Labute approximate surface area is 150 Å². The van der Waals surface area contributed by atoms with Crippen molar-refractivity contribution >= 4 is 12.0 Å². The van der Waals surface area contributed by atoms with E-state index in [1.54, 1.807) is 20.8 Å². The topological polar surface area (TPSA) is 87.7 Å². The summed E-state index contributed by atoms with van der Waals surface area (Å²) < 4.78 is 5.25. The van der Waals surface area contributed by atoms with E-state index in [1.165, 1.54) is 0 Å². The van der Waals surface area contributed by atoms with E-state index in [-0.39, 0.29) is 12.5 Å². The Hall–Kier alpha value is -2.08. The van der Waals surface area contributed by atoms with E-state index < -0.39 is 23.2 Å². The number of aliphatic hydroxyl groups is 1. The molecule has 6 nitrogen and oxygen atoms in total. The molecule has 0 unspecified atom stereocenters. The van der Waals surface area contributed by atoms with Gasteiger partial charge in [-0.1, -0.05) is 44.2 Å². The van der Waals surface area contributed by atoms with Gasteiger partial charge in [-0.2, -0.15) is 0 Å². The number of amides is 2. The molecule has 0 aliphatic rings. The molecule has 1 aromatic rings. The van der Waals surface area contributed by atoms with Crippen LogP contribution in [0.25, 0.3) is 0 Å². The van der Waals surface area contributed by atoms with Crippen LogP contribution in [-0.2, 0) is 16.0 Å². The Balaban J connectivity index is 2.79. The molecule has 6 heteroatoms. The number of hydrogen-bond acceptors (Lipinski definition) is 4. The van der Waals surface area contributed by atoms with Crippen LogP contribution < -0.4 is 10.6 Å². The average Bonchev–Trinajstić information content (AvgIpc) is 2.51. The standard InChI is InChI=1S/C19H30N2O4/c1-18(2,3)25-17(24)21-15(11-14-9-7-6-8-10-14)16(23)20-12-19(4,5)13-22/h6-10,15,22H,11-13H2,1-5H3,(H,20,23)(H,21,24)/t15-/m0/s1. The van der Waals surface area contributed by atoms with Crippen molar-refractivity contribution in [2.24, 2.45) is 5.41 Å². The fourth-order valence-corrected chi connectivity index (χ4v) is 2.01. The van der Waals surface area contributed by atoms with E-state index >= 15 is 0 Å². The van der Waals surface area contributed by atoms with Gasteiger partial charge in [0.1, 0.15) is 11.6 Å². The van der Waals surface area contributed by atoms with Crippen LogP contribution in [0.1, 0.15) is 40.2 Å². The van der Waals surface area contributed by atoms with Crippen LogP contribution >= 0.6 is 0 Å². The summed E-state index contributed by atoms with van der Waals surface area (Å²) in [4.78, 5) is 24.6. The molecule has 0 fully saturated rings. The molecule has 0 saturated heterocycles. The third kappa shape index (κ3) is 8.54. The van der Waals surface area contributed by atoms with E-state index in [0.29, 0.717) is 13.0 Å². The number of benzene rings is 1. The molecule has 0 aliphatic carbocycles. The van der Waals surface area contributed by atoms with Gasteiger partial charge in [0.05, 0.1) is 0 Å². The maximum absolute atomic E-state index is 12.5. The van der Waals surface area contributed by atoms with Gasteiger partial charge in [0.2, 0.25) is 5.91 Å². The highest BCUT2D eigenvalue weighted by Crippen LogP contribution is 2.12. The highest BCUT2D eigenvalue weighted by atomic mass is 16.6. The Morgan fingerprint density at radius 1 is 1.12 bits per heavy atom. The first-order valence-corrected chi connectivity index (χ1v) is 8.44. The van der Waals surface area contributed by atoms with Crippen LogP contribution in [0.2, 0.25) is 0 Å². The molecule has 2 amide bonds. The minimum atomic E-state index is -0.758. The summed E-state index contributed by atoms with van der Waals surface area (Å²) in [6, 6.07) is 8.69. The fraction of sp³-hybridized carbons (Fsp3) is 0.579. The van der Waals surface area contributed by atoms with Crippen LogP contribution in [0.4, 0.5) is 4.79 Å². The molecule has 0 radical (unpaired) electrons. The second-order valence-corrected chi connectivity index (χ2v) is 7.93. The molecular formula is C19H30N2O4. The largest absolute Gasteiger partial charge is 0.444 e. The summed E-state index contributed by atoms with van der Waals surface area (Å²) in [6.07, 6.45) is -0.282. The summed E-state index contributed by atoms with van der Waals surface area (Å²) in [5, 5.41) is 14.7. The highest BCUT2D eigenvalue weighted by Gasteiger charge is 2.26. The van der Waals surface area contributed by atoms with Gasteiger partial charge in [0.25, 0.3) is 0 Å². The first-order chi connectivity index (χ1) is 11.5. The van der Waals surface area contributed by atoms with Crippen LogP contribution in [0.5, 0.6) is 0 Å².